The molecule has 1 aromatic heterocycles. The number of carbonyl (C=O) groups excluding carboxylic acids is 1. The zero-order valence-electron chi connectivity index (χ0n) is 12.5. The van der Waals surface area contributed by atoms with Crippen LogP contribution < -0.4 is 0 Å². The van der Waals surface area contributed by atoms with E-state index in [1.54, 1.807) is 0 Å². The van der Waals surface area contributed by atoms with E-state index in [4.69, 9.17) is 4.42 Å². The van der Waals surface area contributed by atoms with Gasteiger partial charge in [-0.2, -0.15) is 0 Å². The molecule has 112 valence electrons. The van der Waals surface area contributed by atoms with Gasteiger partial charge in [-0.15, -0.1) is 0 Å². The molecule has 1 aromatic rings. The van der Waals surface area contributed by atoms with Gasteiger partial charge in [0.05, 0.1) is 0 Å². The van der Waals surface area contributed by atoms with Gasteiger partial charge in [-0.05, 0) is 43.7 Å². The van der Waals surface area contributed by atoms with Crippen molar-refractivity contribution in [2.24, 2.45) is 5.41 Å². The summed E-state index contributed by atoms with van der Waals surface area (Å²) in [6.07, 6.45) is 3.97. The Labute approximate surface area is 120 Å². The Morgan fingerprint density at radius 3 is 2.60 bits per heavy atom. The fourth-order valence-corrected chi connectivity index (χ4v) is 2.86. The van der Waals surface area contributed by atoms with Crippen molar-refractivity contribution in [3.8, 4) is 0 Å². The molecule has 0 unspecified atom stereocenters. The van der Waals surface area contributed by atoms with Gasteiger partial charge in [-0.1, -0.05) is 6.92 Å². The summed E-state index contributed by atoms with van der Waals surface area (Å²) in [6.45, 7) is 5.80. The first-order valence-corrected chi connectivity index (χ1v) is 7.52. The molecule has 1 N–H and O–H groups in total. The lowest BCUT2D eigenvalue weighted by atomic mass is 9.77. The van der Waals surface area contributed by atoms with Gasteiger partial charge in [-0.25, -0.2) is 0 Å². The topological polar surface area (TPSA) is 53.7 Å². The number of hydrogen-bond donors (Lipinski definition) is 1. The van der Waals surface area contributed by atoms with Gasteiger partial charge >= 0.3 is 0 Å². The smallest absolute Gasteiger partial charge is 0.223 e. The Morgan fingerprint density at radius 1 is 1.40 bits per heavy atom. The van der Waals surface area contributed by atoms with E-state index >= 15 is 0 Å². The van der Waals surface area contributed by atoms with E-state index in [0.717, 1.165) is 43.9 Å². The number of piperidine rings is 1. The van der Waals surface area contributed by atoms with Crippen LogP contribution in [0.1, 0.15) is 44.1 Å². The van der Waals surface area contributed by atoms with Crippen LogP contribution in [-0.4, -0.2) is 35.6 Å². The summed E-state index contributed by atoms with van der Waals surface area (Å²) in [4.78, 5) is 14.1. The summed E-state index contributed by atoms with van der Waals surface area (Å²) in [5, 5.41) is 9.50. The molecule has 1 fully saturated rings. The molecule has 0 atom stereocenters. The Hall–Kier alpha value is -1.29. The van der Waals surface area contributed by atoms with Crippen molar-refractivity contribution < 1.29 is 14.3 Å². The Morgan fingerprint density at radius 2 is 2.10 bits per heavy atom. The lowest BCUT2D eigenvalue weighted by Gasteiger charge is -2.40. The largest absolute Gasteiger partial charge is 0.466 e. The number of likely N-dealkylation sites (tertiary alicyclic amines) is 1. The first-order chi connectivity index (χ1) is 9.58. The van der Waals surface area contributed by atoms with Gasteiger partial charge in [0.25, 0.3) is 0 Å². The molecule has 1 aliphatic heterocycles. The summed E-state index contributed by atoms with van der Waals surface area (Å²) in [7, 11) is 0. The SMILES string of the molecule is CCC1(CO)CCN(C(=O)CCc2ccc(C)o2)CC1. The number of carbonyl (C=O) groups is 1. The number of amides is 1. The zero-order valence-corrected chi connectivity index (χ0v) is 12.5. The highest BCUT2D eigenvalue weighted by molar-refractivity contribution is 5.76. The van der Waals surface area contributed by atoms with Crippen LogP contribution in [0.25, 0.3) is 0 Å². The van der Waals surface area contributed by atoms with Crippen LogP contribution in [0.4, 0.5) is 0 Å². The lowest BCUT2D eigenvalue weighted by molar-refractivity contribution is -0.134. The van der Waals surface area contributed by atoms with E-state index < -0.39 is 0 Å². The molecule has 0 spiro atoms. The average Bonchev–Trinajstić information content (AvgIpc) is 2.90. The second-order valence-electron chi connectivity index (χ2n) is 5.90. The summed E-state index contributed by atoms with van der Waals surface area (Å²) < 4.78 is 5.49. The van der Waals surface area contributed by atoms with Crippen LogP contribution >= 0.6 is 0 Å². The maximum absolute atomic E-state index is 12.2. The first kappa shape index (κ1) is 15.1. The molecule has 0 bridgehead atoms. The molecule has 2 heterocycles. The van der Waals surface area contributed by atoms with Crippen molar-refractivity contribution >= 4 is 5.91 Å². The van der Waals surface area contributed by atoms with E-state index in [9.17, 15) is 9.90 Å². The fraction of sp³-hybridized carbons (Fsp3) is 0.688. The minimum absolute atomic E-state index is 0.0366. The Balaban J connectivity index is 1.80. The van der Waals surface area contributed by atoms with Gasteiger partial charge in [0.1, 0.15) is 11.5 Å². The molecule has 0 aromatic carbocycles. The molecule has 20 heavy (non-hydrogen) atoms. The van der Waals surface area contributed by atoms with Crippen LogP contribution in [0, 0.1) is 12.3 Å². The van der Waals surface area contributed by atoms with E-state index in [-0.39, 0.29) is 17.9 Å². The van der Waals surface area contributed by atoms with Gasteiger partial charge in [0, 0.05) is 32.5 Å². The molecule has 0 saturated carbocycles. The third-order valence-electron chi connectivity index (χ3n) is 4.64. The van der Waals surface area contributed by atoms with Crippen molar-refractivity contribution in [1.82, 2.24) is 4.90 Å². The highest BCUT2D eigenvalue weighted by Gasteiger charge is 2.33. The maximum Gasteiger partial charge on any atom is 0.223 e. The highest BCUT2D eigenvalue weighted by atomic mass is 16.3. The minimum Gasteiger partial charge on any atom is -0.466 e. The van der Waals surface area contributed by atoms with Gasteiger partial charge in [-0.3, -0.25) is 4.79 Å². The number of furan rings is 1. The second-order valence-corrected chi connectivity index (χ2v) is 5.90. The molecule has 4 heteroatoms. The standard InChI is InChI=1S/C16H25NO3/c1-3-16(12-18)8-10-17(11-9-16)15(19)7-6-14-5-4-13(2)20-14/h4-5,18H,3,6-12H2,1-2H3. The molecule has 0 aliphatic carbocycles. The molecular weight excluding hydrogens is 254 g/mol. The third kappa shape index (κ3) is 3.42. The molecule has 1 amide bonds. The highest BCUT2D eigenvalue weighted by Crippen LogP contribution is 2.34. The van der Waals surface area contributed by atoms with Crippen LogP contribution in [0.15, 0.2) is 16.5 Å². The van der Waals surface area contributed by atoms with E-state index in [1.165, 1.54) is 0 Å². The van der Waals surface area contributed by atoms with Crippen LogP contribution in [0.5, 0.6) is 0 Å². The zero-order chi connectivity index (χ0) is 14.6. The van der Waals surface area contributed by atoms with E-state index in [1.807, 2.05) is 24.0 Å². The van der Waals surface area contributed by atoms with Crippen molar-refractivity contribution in [3.63, 3.8) is 0 Å². The predicted octanol–water partition coefficient (Wildman–Crippen LogP) is 2.53. The summed E-state index contributed by atoms with van der Waals surface area (Å²) in [6, 6.07) is 3.87. The summed E-state index contributed by atoms with van der Waals surface area (Å²) >= 11 is 0. The van der Waals surface area contributed by atoms with Crippen molar-refractivity contribution in [3.05, 3.63) is 23.7 Å². The van der Waals surface area contributed by atoms with E-state index in [0.29, 0.717) is 12.8 Å². The summed E-state index contributed by atoms with van der Waals surface area (Å²) in [5.74, 6) is 1.97. The Bertz CT molecular complexity index is 438. The Kier molecular flexibility index (Phi) is 4.86. The van der Waals surface area contributed by atoms with Crippen molar-refractivity contribution in [2.75, 3.05) is 19.7 Å². The van der Waals surface area contributed by atoms with Crippen molar-refractivity contribution in [1.29, 1.82) is 0 Å². The fourth-order valence-electron chi connectivity index (χ4n) is 2.86. The number of aryl methyl sites for hydroxylation is 2. The van der Waals surface area contributed by atoms with Gasteiger partial charge < -0.3 is 14.4 Å². The maximum atomic E-state index is 12.2. The minimum atomic E-state index is 0.0366. The van der Waals surface area contributed by atoms with Crippen LogP contribution in [-0.2, 0) is 11.2 Å². The molecule has 2 rings (SSSR count). The van der Waals surface area contributed by atoms with E-state index in [2.05, 4.69) is 6.92 Å². The lowest BCUT2D eigenvalue weighted by Crippen LogP contribution is -2.44. The number of aliphatic hydroxyl groups excluding tert-OH is 1. The quantitative estimate of drug-likeness (QED) is 0.901. The molecule has 1 saturated heterocycles. The molecule has 1 aliphatic rings. The molecular formula is C16H25NO3. The normalized spacial score (nSPS) is 18.2. The molecule has 0 radical (unpaired) electrons. The van der Waals surface area contributed by atoms with Crippen LogP contribution in [0.3, 0.4) is 0 Å². The number of hydrogen-bond acceptors (Lipinski definition) is 3. The number of aliphatic hydroxyl groups is 1. The first-order valence-electron chi connectivity index (χ1n) is 7.52. The second kappa shape index (κ2) is 6.44. The number of nitrogens with zero attached hydrogens (tertiary/aromatic N) is 1. The predicted molar refractivity (Wildman–Crippen MR) is 77.4 cm³/mol. The molecule has 4 nitrogen and oxygen atoms in total. The third-order valence-corrected chi connectivity index (χ3v) is 4.64. The van der Waals surface area contributed by atoms with Gasteiger partial charge in [0.2, 0.25) is 5.91 Å². The average molecular weight is 279 g/mol. The van der Waals surface area contributed by atoms with Crippen molar-refractivity contribution in [2.45, 2.75) is 46.0 Å². The van der Waals surface area contributed by atoms with Gasteiger partial charge in [0.15, 0.2) is 0 Å². The van der Waals surface area contributed by atoms with Crippen LogP contribution in [0.2, 0.25) is 0 Å². The monoisotopic (exact) mass is 279 g/mol. The number of rotatable bonds is 5. The summed E-state index contributed by atoms with van der Waals surface area (Å²) in [5.41, 5.74) is 0.0366.